The number of carbonyl (C=O) groups is 2. The second-order valence-electron chi connectivity index (χ2n) is 7.08. The van der Waals surface area contributed by atoms with Crippen molar-refractivity contribution in [3.05, 3.63) is 33.5 Å². The predicted octanol–water partition coefficient (Wildman–Crippen LogP) is 3.67. The summed E-state index contributed by atoms with van der Waals surface area (Å²) in [6.07, 6.45) is 0.773. The Bertz CT molecular complexity index is 875. The molecular weight excluding hydrogens is 400 g/mol. The van der Waals surface area contributed by atoms with Gasteiger partial charge in [0.15, 0.2) is 0 Å². The maximum absolute atomic E-state index is 12.9. The first-order chi connectivity index (χ1) is 12.8. The molecule has 3 heterocycles. The molecule has 0 aromatic carbocycles. The molecule has 1 aliphatic heterocycles. The van der Waals surface area contributed by atoms with Crippen LogP contribution in [-0.2, 0) is 17.7 Å². The minimum absolute atomic E-state index is 0. The van der Waals surface area contributed by atoms with Crippen LogP contribution >= 0.6 is 23.7 Å². The van der Waals surface area contributed by atoms with Crippen molar-refractivity contribution in [3.63, 3.8) is 0 Å². The third kappa shape index (κ3) is 4.39. The van der Waals surface area contributed by atoms with Crippen molar-refractivity contribution in [2.24, 2.45) is 0 Å². The molecule has 0 fully saturated rings. The lowest BCUT2D eigenvalue weighted by molar-refractivity contribution is 0.0526. The van der Waals surface area contributed by atoms with Crippen molar-refractivity contribution in [3.8, 4) is 0 Å². The average molecular weight is 427 g/mol. The number of esters is 1. The van der Waals surface area contributed by atoms with Crippen LogP contribution in [0, 0.1) is 6.92 Å². The minimum atomic E-state index is -0.372. The number of hydrogen-bond donors (Lipinski definition) is 1. The standard InChI is InChI=1S/C19H26N4O3S.ClH/c1-6-26-19(25)16-13-7-8-22(5)10-15(13)27-18(16)20-17(24)14-9-12(4)21-23(14)11(2)3;/h9,11H,6-8,10H2,1-5H3,(H,20,24);1H. The van der Waals surface area contributed by atoms with Gasteiger partial charge in [0.1, 0.15) is 10.7 Å². The van der Waals surface area contributed by atoms with E-state index in [4.69, 9.17) is 4.74 Å². The van der Waals surface area contributed by atoms with Gasteiger partial charge in [-0.15, -0.1) is 23.7 Å². The largest absolute Gasteiger partial charge is 0.462 e. The number of aryl methyl sites for hydroxylation is 1. The van der Waals surface area contributed by atoms with Gasteiger partial charge in [-0.25, -0.2) is 4.79 Å². The molecule has 0 spiro atoms. The van der Waals surface area contributed by atoms with Gasteiger partial charge in [-0.2, -0.15) is 5.10 Å². The van der Waals surface area contributed by atoms with E-state index in [9.17, 15) is 9.59 Å². The maximum atomic E-state index is 12.9. The molecule has 0 atom stereocenters. The van der Waals surface area contributed by atoms with Crippen LogP contribution in [0.2, 0.25) is 0 Å². The van der Waals surface area contributed by atoms with E-state index in [0.717, 1.165) is 35.6 Å². The van der Waals surface area contributed by atoms with Gasteiger partial charge in [0.2, 0.25) is 0 Å². The smallest absolute Gasteiger partial charge is 0.341 e. The van der Waals surface area contributed by atoms with Gasteiger partial charge < -0.3 is 15.0 Å². The Balaban J connectivity index is 0.00000280. The van der Waals surface area contributed by atoms with Crippen molar-refractivity contribution in [1.29, 1.82) is 0 Å². The number of halogens is 1. The van der Waals surface area contributed by atoms with Crippen molar-refractivity contribution in [2.75, 3.05) is 25.5 Å². The lowest BCUT2D eigenvalue weighted by Gasteiger charge is -2.22. The van der Waals surface area contributed by atoms with Gasteiger partial charge in [-0.1, -0.05) is 0 Å². The second kappa shape index (κ2) is 9.07. The number of thiophene rings is 1. The SMILES string of the molecule is CCOC(=O)c1c(NC(=O)c2cc(C)nn2C(C)C)sc2c1CCN(C)C2.Cl. The fourth-order valence-electron chi connectivity index (χ4n) is 3.29. The Hall–Kier alpha value is -1.90. The number of amides is 1. The quantitative estimate of drug-likeness (QED) is 0.738. The van der Waals surface area contributed by atoms with Gasteiger partial charge >= 0.3 is 5.97 Å². The van der Waals surface area contributed by atoms with Crippen LogP contribution in [-0.4, -0.2) is 46.8 Å². The summed E-state index contributed by atoms with van der Waals surface area (Å²) in [5, 5.41) is 7.90. The molecule has 9 heteroatoms. The third-order valence-corrected chi connectivity index (χ3v) is 5.67. The van der Waals surface area contributed by atoms with Crippen LogP contribution in [0.3, 0.4) is 0 Å². The Kier molecular flexibility index (Phi) is 7.25. The monoisotopic (exact) mass is 426 g/mol. The molecule has 3 rings (SSSR count). The van der Waals surface area contributed by atoms with Crippen LogP contribution in [0.4, 0.5) is 5.00 Å². The van der Waals surface area contributed by atoms with E-state index in [1.165, 1.54) is 11.3 Å². The zero-order valence-electron chi connectivity index (χ0n) is 16.9. The Labute approximate surface area is 175 Å². The summed E-state index contributed by atoms with van der Waals surface area (Å²) in [4.78, 5) is 28.8. The van der Waals surface area contributed by atoms with Gasteiger partial charge in [0, 0.05) is 24.0 Å². The summed E-state index contributed by atoms with van der Waals surface area (Å²) in [6, 6.07) is 1.83. The van der Waals surface area contributed by atoms with Gasteiger partial charge in [0.05, 0.1) is 17.9 Å². The number of aromatic nitrogens is 2. The first-order valence-corrected chi connectivity index (χ1v) is 10.0. The molecule has 1 N–H and O–H groups in total. The number of nitrogens with one attached hydrogen (secondary N) is 1. The van der Waals surface area contributed by atoms with E-state index in [1.54, 1.807) is 17.7 Å². The van der Waals surface area contributed by atoms with Gasteiger partial charge in [0.25, 0.3) is 5.91 Å². The Morgan fingerprint density at radius 3 is 2.75 bits per heavy atom. The number of nitrogens with zero attached hydrogens (tertiary/aromatic N) is 3. The number of carbonyl (C=O) groups excluding carboxylic acids is 2. The average Bonchev–Trinajstić information content (AvgIpc) is 3.15. The molecule has 1 aliphatic rings. The molecular formula is C19H27ClN4O3S. The number of ether oxygens (including phenoxy) is 1. The van der Waals surface area contributed by atoms with Gasteiger partial charge in [-0.3, -0.25) is 9.48 Å². The summed E-state index contributed by atoms with van der Waals surface area (Å²) in [7, 11) is 2.05. The molecule has 0 aliphatic carbocycles. The molecule has 0 bridgehead atoms. The molecule has 0 saturated heterocycles. The summed E-state index contributed by atoms with van der Waals surface area (Å²) in [6.45, 7) is 9.55. The van der Waals surface area contributed by atoms with E-state index < -0.39 is 0 Å². The van der Waals surface area contributed by atoms with E-state index in [-0.39, 0.29) is 30.3 Å². The van der Waals surface area contributed by atoms with Crippen molar-refractivity contribution in [1.82, 2.24) is 14.7 Å². The highest BCUT2D eigenvalue weighted by Gasteiger charge is 2.29. The summed E-state index contributed by atoms with van der Waals surface area (Å²) in [5.41, 5.74) is 2.78. The van der Waals surface area contributed by atoms with E-state index in [0.29, 0.717) is 22.9 Å². The number of fused-ring (bicyclic) bond motifs is 1. The fourth-order valence-corrected chi connectivity index (χ4v) is 4.60. The van der Waals surface area contributed by atoms with Crippen LogP contribution < -0.4 is 5.32 Å². The maximum Gasteiger partial charge on any atom is 0.341 e. The van der Waals surface area contributed by atoms with Crippen LogP contribution in [0.15, 0.2) is 6.07 Å². The van der Waals surface area contributed by atoms with E-state index in [1.807, 2.05) is 20.8 Å². The number of anilines is 1. The topological polar surface area (TPSA) is 76.5 Å². The highest BCUT2D eigenvalue weighted by atomic mass is 35.5. The first-order valence-electron chi connectivity index (χ1n) is 9.19. The molecule has 0 unspecified atom stereocenters. The predicted molar refractivity (Wildman–Crippen MR) is 113 cm³/mol. The molecule has 0 saturated carbocycles. The van der Waals surface area contributed by atoms with E-state index >= 15 is 0 Å². The van der Waals surface area contributed by atoms with Crippen LogP contribution in [0.1, 0.15) is 63.8 Å². The molecule has 0 radical (unpaired) electrons. The number of likely N-dealkylation sites (N-methyl/N-ethyl adjacent to an activating group) is 1. The number of hydrogen-bond acceptors (Lipinski definition) is 6. The highest BCUT2D eigenvalue weighted by Crippen LogP contribution is 2.37. The molecule has 154 valence electrons. The first kappa shape index (κ1) is 22.4. The minimum Gasteiger partial charge on any atom is -0.462 e. The molecule has 28 heavy (non-hydrogen) atoms. The zero-order chi connectivity index (χ0) is 19.7. The fraction of sp³-hybridized carbons (Fsp3) is 0.526. The summed E-state index contributed by atoms with van der Waals surface area (Å²) >= 11 is 1.46. The molecule has 2 aromatic heterocycles. The van der Waals surface area contributed by atoms with Gasteiger partial charge in [-0.05, 0) is 52.8 Å². The highest BCUT2D eigenvalue weighted by molar-refractivity contribution is 7.17. The molecule has 2 aromatic rings. The lowest BCUT2D eigenvalue weighted by Crippen LogP contribution is -2.26. The second-order valence-corrected chi connectivity index (χ2v) is 8.18. The Morgan fingerprint density at radius 1 is 1.39 bits per heavy atom. The third-order valence-electron chi connectivity index (χ3n) is 4.53. The van der Waals surface area contributed by atoms with Crippen LogP contribution in [0.5, 0.6) is 0 Å². The summed E-state index contributed by atoms with van der Waals surface area (Å²) < 4.78 is 6.96. The lowest BCUT2D eigenvalue weighted by atomic mass is 10.0. The summed E-state index contributed by atoms with van der Waals surface area (Å²) in [5.74, 6) is -0.634. The number of rotatable bonds is 5. The zero-order valence-corrected chi connectivity index (χ0v) is 18.5. The van der Waals surface area contributed by atoms with E-state index in [2.05, 4.69) is 22.4 Å². The van der Waals surface area contributed by atoms with Crippen LogP contribution in [0.25, 0.3) is 0 Å². The molecule has 1 amide bonds. The van der Waals surface area contributed by atoms with Crippen molar-refractivity contribution >= 4 is 40.6 Å². The Morgan fingerprint density at radius 2 is 2.11 bits per heavy atom. The molecule has 7 nitrogen and oxygen atoms in total. The van der Waals surface area contributed by atoms with Crippen molar-refractivity contribution in [2.45, 2.75) is 46.7 Å². The normalized spacial score (nSPS) is 13.8. The van der Waals surface area contributed by atoms with Crippen molar-refractivity contribution < 1.29 is 14.3 Å².